The van der Waals surface area contributed by atoms with Crippen LogP contribution in [0.15, 0.2) is 30.0 Å². The lowest BCUT2D eigenvalue weighted by atomic mass is 9.94. The van der Waals surface area contributed by atoms with Crippen molar-refractivity contribution in [2.45, 2.75) is 52.4 Å². The van der Waals surface area contributed by atoms with Gasteiger partial charge in [0.2, 0.25) is 11.7 Å². The van der Waals surface area contributed by atoms with Crippen molar-refractivity contribution in [3.63, 3.8) is 0 Å². The summed E-state index contributed by atoms with van der Waals surface area (Å²) in [7, 11) is 0. The molecular weight excluding hydrogens is 356 g/mol. The first-order valence-corrected chi connectivity index (χ1v) is 10.1. The molecule has 1 aromatic rings. The lowest BCUT2D eigenvalue weighted by Gasteiger charge is -2.18. The normalized spacial score (nSPS) is 15.3. The van der Waals surface area contributed by atoms with E-state index in [1.54, 1.807) is 0 Å². The van der Waals surface area contributed by atoms with Crippen molar-refractivity contribution in [1.29, 1.82) is 0 Å². The highest BCUT2D eigenvalue weighted by atomic mass is 16.5. The van der Waals surface area contributed by atoms with E-state index < -0.39 is 17.6 Å². The van der Waals surface area contributed by atoms with E-state index in [9.17, 15) is 14.7 Å². The van der Waals surface area contributed by atoms with Gasteiger partial charge in [-0.15, -0.1) is 0 Å². The Hall–Kier alpha value is -2.34. The summed E-state index contributed by atoms with van der Waals surface area (Å²) in [5.41, 5.74) is 1.78. The van der Waals surface area contributed by atoms with Crippen LogP contribution in [0.2, 0.25) is 0 Å². The fourth-order valence-corrected chi connectivity index (χ4v) is 3.32. The highest BCUT2D eigenvalue weighted by molar-refractivity contribution is 5.97. The number of benzene rings is 1. The van der Waals surface area contributed by atoms with Crippen molar-refractivity contribution in [1.82, 2.24) is 10.2 Å². The third-order valence-corrected chi connectivity index (χ3v) is 4.92. The minimum absolute atomic E-state index is 0.154. The van der Waals surface area contributed by atoms with Crippen LogP contribution in [0.4, 0.5) is 0 Å². The number of hydrogen-bond donors (Lipinski definition) is 2. The van der Waals surface area contributed by atoms with Gasteiger partial charge in [0.05, 0.1) is 6.08 Å². The van der Waals surface area contributed by atoms with Crippen LogP contribution in [0.5, 0.6) is 5.75 Å². The van der Waals surface area contributed by atoms with Gasteiger partial charge >= 0.3 is 5.97 Å². The average molecular weight is 389 g/mol. The molecule has 0 atom stereocenters. The van der Waals surface area contributed by atoms with Gasteiger partial charge in [-0.25, -0.2) is 4.79 Å². The second kappa shape index (κ2) is 10.3. The molecule has 1 aliphatic rings. The molecule has 0 spiro atoms. The molecule has 1 aromatic carbocycles. The number of rotatable bonds is 8. The Kier molecular flexibility index (Phi) is 8.05. The van der Waals surface area contributed by atoms with Crippen LogP contribution >= 0.6 is 0 Å². The van der Waals surface area contributed by atoms with Gasteiger partial charge in [-0.3, -0.25) is 4.79 Å². The predicted molar refractivity (Wildman–Crippen MR) is 110 cm³/mol. The summed E-state index contributed by atoms with van der Waals surface area (Å²) in [5, 5.41) is 12.7. The molecule has 1 aliphatic heterocycles. The Morgan fingerprint density at radius 3 is 2.25 bits per heavy atom. The summed E-state index contributed by atoms with van der Waals surface area (Å²) in [6, 6.07) is 5.75. The van der Waals surface area contributed by atoms with Crippen LogP contribution in [0, 0.1) is 0 Å². The summed E-state index contributed by atoms with van der Waals surface area (Å²) >= 11 is 0. The zero-order valence-electron chi connectivity index (χ0n) is 17.3. The Morgan fingerprint density at radius 1 is 1.14 bits per heavy atom. The summed E-state index contributed by atoms with van der Waals surface area (Å²) in [5.74, 6) is -1.36. The summed E-state index contributed by atoms with van der Waals surface area (Å²) < 4.78 is 5.50. The Morgan fingerprint density at radius 2 is 1.71 bits per heavy atom. The Labute approximate surface area is 167 Å². The van der Waals surface area contributed by atoms with Gasteiger partial charge in [-0.1, -0.05) is 45.9 Å². The molecular formula is C22H32N2O4. The van der Waals surface area contributed by atoms with Crippen molar-refractivity contribution in [2.75, 3.05) is 26.2 Å². The molecule has 0 aliphatic carbocycles. The van der Waals surface area contributed by atoms with E-state index in [-0.39, 0.29) is 11.8 Å². The summed E-state index contributed by atoms with van der Waals surface area (Å²) in [4.78, 5) is 26.6. The van der Waals surface area contributed by atoms with Gasteiger partial charge in [-0.2, -0.15) is 0 Å². The molecule has 2 rings (SSSR count). The Bertz CT molecular complexity index is 693. The standard InChI is InChI=1S/C22H32N2O4/c1-15(2)17-8-7-9-18(16(3)4)21(17)28-22(27)19(25)14-20(26)23-10-13-24-11-5-6-12-24/h7-9,14-16,25H,5-6,10-13H2,1-4H3,(H,23,26)/b19-14-. The number of ether oxygens (including phenoxy) is 1. The number of esters is 1. The fraction of sp³-hybridized carbons (Fsp3) is 0.545. The first kappa shape index (κ1) is 22.0. The van der Waals surface area contributed by atoms with E-state index in [4.69, 9.17) is 4.74 Å². The van der Waals surface area contributed by atoms with Crippen LogP contribution in [0.1, 0.15) is 63.5 Å². The zero-order valence-corrected chi connectivity index (χ0v) is 17.3. The lowest BCUT2D eigenvalue weighted by Crippen LogP contribution is -2.33. The molecule has 0 bridgehead atoms. The van der Waals surface area contributed by atoms with Crippen molar-refractivity contribution in [3.8, 4) is 5.75 Å². The van der Waals surface area contributed by atoms with E-state index in [0.717, 1.165) is 36.8 Å². The van der Waals surface area contributed by atoms with Crippen LogP contribution in [-0.4, -0.2) is 48.1 Å². The largest absolute Gasteiger partial charge is 0.502 e. The number of carbonyl (C=O) groups is 2. The zero-order chi connectivity index (χ0) is 20.7. The molecule has 6 nitrogen and oxygen atoms in total. The van der Waals surface area contributed by atoms with Gasteiger partial charge in [0.25, 0.3) is 0 Å². The molecule has 0 saturated carbocycles. The smallest absolute Gasteiger partial charge is 0.378 e. The third-order valence-electron chi connectivity index (χ3n) is 4.92. The van der Waals surface area contributed by atoms with E-state index in [1.165, 1.54) is 12.8 Å². The fourth-order valence-electron chi connectivity index (χ4n) is 3.32. The van der Waals surface area contributed by atoms with Crippen LogP contribution in [-0.2, 0) is 9.59 Å². The molecule has 28 heavy (non-hydrogen) atoms. The molecule has 1 amide bonds. The SMILES string of the molecule is CC(C)c1cccc(C(C)C)c1OC(=O)/C(O)=C/C(=O)NCCN1CCCC1. The average Bonchev–Trinajstić information content (AvgIpc) is 3.14. The van der Waals surface area contributed by atoms with E-state index >= 15 is 0 Å². The maximum atomic E-state index is 12.4. The molecule has 0 unspecified atom stereocenters. The third kappa shape index (κ3) is 6.09. The number of aliphatic hydroxyl groups excluding tert-OH is 1. The molecule has 6 heteroatoms. The van der Waals surface area contributed by atoms with Crippen LogP contribution < -0.4 is 10.1 Å². The number of hydrogen-bond acceptors (Lipinski definition) is 5. The number of aliphatic hydroxyl groups is 1. The van der Waals surface area contributed by atoms with E-state index in [2.05, 4.69) is 10.2 Å². The maximum Gasteiger partial charge on any atom is 0.378 e. The lowest BCUT2D eigenvalue weighted by molar-refractivity contribution is -0.133. The maximum absolute atomic E-state index is 12.4. The minimum atomic E-state index is -0.926. The molecule has 2 N–H and O–H groups in total. The molecule has 0 radical (unpaired) electrons. The molecule has 0 aromatic heterocycles. The number of nitrogens with one attached hydrogen (secondary N) is 1. The minimum Gasteiger partial charge on any atom is -0.502 e. The van der Waals surface area contributed by atoms with Gasteiger partial charge in [0.1, 0.15) is 5.75 Å². The molecule has 154 valence electrons. The first-order valence-electron chi connectivity index (χ1n) is 10.1. The molecule has 1 fully saturated rings. The van der Waals surface area contributed by atoms with E-state index in [1.807, 2.05) is 45.9 Å². The van der Waals surface area contributed by atoms with Crippen LogP contribution in [0.3, 0.4) is 0 Å². The molecule has 1 heterocycles. The topological polar surface area (TPSA) is 78.9 Å². The van der Waals surface area contributed by atoms with Gasteiger partial charge in [0, 0.05) is 13.1 Å². The second-order valence-electron chi connectivity index (χ2n) is 7.83. The van der Waals surface area contributed by atoms with Crippen molar-refractivity contribution >= 4 is 11.9 Å². The van der Waals surface area contributed by atoms with Crippen molar-refractivity contribution in [3.05, 3.63) is 41.2 Å². The van der Waals surface area contributed by atoms with Crippen LogP contribution in [0.25, 0.3) is 0 Å². The number of likely N-dealkylation sites (tertiary alicyclic amines) is 1. The first-order chi connectivity index (χ1) is 13.3. The monoisotopic (exact) mass is 388 g/mol. The van der Waals surface area contributed by atoms with Gasteiger partial charge < -0.3 is 20.1 Å². The summed E-state index contributed by atoms with van der Waals surface area (Å²) in [6.45, 7) is 11.4. The number of nitrogens with zero attached hydrogens (tertiary/aromatic N) is 1. The number of carbonyl (C=O) groups excluding carboxylic acids is 2. The van der Waals surface area contributed by atoms with Crippen molar-refractivity contribution < 1.29 is 19.4 Å². The predicted octanol–water partition coefficient (Wildman–Crippen LogP) is 3.49. The highest BCUT2D eigenvalue weighted by Crippen LogP contribution is 2.34. The number of amides is 1. The van der Waals surface area contributed by atoms with Gasteiger partial charge in [-0.05, 0) is 48.9 Å². The number of para-hydroxylation sites is 1. The molecule has 1 saturated heterocycles. The van der Waals surface area contributed by atoms with Crippen molar-refractivity contribution in [2.24, 2.45) is 0 Å². The van der Waals surface area contributed by atoms with Gasteiger partial charge in [0.15, 0.2) is 0 Å². The quantitative estimate of drug-likeness (QED) is 0.308. The summed E-state index contributed by atoms with van der Waals surface area (Å²) in [6.07, 6.45) is 3.27. The highest BCUT2D eigenvalue weighted by Gasteiger charge is 2.20. The second-order valence-corrected chi connectivity index (χ2v) is 7.83. The van der Waals surface area contributed by atoms with E-state index in [0.29, 0.717) is 12.3 Å². The Balaban J connectivity index is 2.01.